The Hall–Kier alpha value is -2.82. The van der Waals surface area contributed by atoms with Crippen LogP contribution in [-0.4, -0.2) is 29.4 Å². The zero-order valence-corrected chi connectivity index (χ0v) is 14.7. The Labute approximate surface area is 152 Å². The molecule has 26 heavy (non-hydrogen) atoms. The van der Waals surface area contributed by atoms with E-state index in [0.717, 1.165) is 37.0 Å². The Morgan fingerprint density at radius 3 is 2.27 bits per heavy atom. The maximum Gasteiger partial charge on any atom is 0.266 e. The van der Waals surface area contributed by atoms with Crippen LogP contribution in [0.2, 0.25) is 0 Å². The molecule has 0 fully saturated rings. The van der Waals surface area contributed by atoms with E-state index < -0.39 is 11.1 Å². The number of nitrogens with zero attached hydrogens (tertiary/aromatic N) is 2. The molecule has 0 bridgehead atoms. The van der Waals surface area contributed by atoms with Gasteiger partial charge in [0.1, 0.15) is 11.4 Å². The third-order valence-electron chi connectivity index (χ3n) is 6.20. The molecule has 1 atom stereocenters. The lowest BCUT2D eigenvalue weighted by Gasteiger charge is -2.38. The fourth-order valence-corrected chi connectivity index (χ4v) is 4.81. The summed E-state index contributed by atoms with van der Waals surface area (Å²) >= 11 is 0. The lowest BCUT2D eigenvalue weighted by molar-refractivity contribution is -0.138. The molecule has 0 aromatic heterocycles. The Bertz CT molecular complexity index is 925. The third kappa shape index (κ3) is 1.75. The molecule has 2 heterocycles. The average molecular weight is 347 g/mol. The standard InChI is InChI=1S/C21H21N3O2/c1-24-18(25)21(23-19(24)22)16-8-4-5-9-17(16)26-20(21)12-10-14-6-2-3-7-15(14)11-13-20/h2-9H,10-13H2,1H3,(H2,22,23). The summed E-state index contributed by atoms with van der Waals surface area (Å²) < 4.78 is 6.54. The average Bonchev–Trinajstić information content (AvgIpc) is 2.96. The summed E-state index contributed by atoms with van der Waals surface area (Å²) in [7, 11) is 1.69. The van der Waals surface area contributed by atoms with Gasteiger partial charge in [0.2, 0.25) is 5.54 Å². The van der Waals surface area contributed by atoms with E-state index in [1.807, 2.05) is 24.3 Å². The molecular weight excluding hydrogens is 326 g/mol. The zero-order chi connectivity index (χ0) is 17.9. The van der Waals surface area contributed by atoms with Crippen LogP contribution in [0.3, 0.4) is 0 Å². The number of rotatable bonds is 0. The van der Waals surface area contributed by atoms with Gasteiger partial charge in [0.25, 0.3) is 5.91 Å². The van der Waals surface area contributed by atoms with Gasteiger partial charge in [-0.05, 0) is 42.9 Å². The van der Waals surface area contributed by atoms with Crippen molar-refractivity contribution in [2.45, 2.75) is 36.8 Å². The second kappa shape index (κ2) is 5.10. The smallest absolute Gasteiger partial charge is 0.266 e. The van der Waals surface area contributed by atoms with E-state index in [1.54, 1.807) is 7.05 Å². The van der Waals surface area contributed by atoms with Gasteiger partial charge in [-0.3, -0.25) is 9.69 Å². The number of para-hydroxylation sites is 1. The summed E-state index contributed by atoms with van der Waals surface area (Å²) in [6.07, 6.45) is 3.18. The molecule has 1 unspecified atom stereocenters. The minimum atomic E-state index is -1.08. The molecule has 3 aliphatic rings. The molecule has 2 spiro atoms. The summed E-state index contributed by atoms with van der Waals surface area (Å²) in [6.45, 7) is 0. The maximum absolute atomic E-state index is 13.4. The second-order valence-corrected chi connectivity index (χ2v) is 7.41. The van der Waals surface area contributed by atoms with E-state index in [2.05, 4.69) is 24.3 Å². The maximum atomic E-state index is 13.4. The molecule has 5 nitrogen and oxygen atoms in total. The van der Waals surface area contributed by atoms with Gasteiger partial charge in [0.05, 0.1) is 0 Å². The number of carbonyl (C=O) groups excluding carboxylic acids is 1. The van der Waals surface area contributed by atoms with Crippen LogP contribution in [0.1, 0.15) is 29.5 Å². The summed E-state index contributed by atoms with van der Waals surface area (Å²) in [4.78, 5) is 19.6. The molecule has 132 valence electrons. The summed E-state index contributed by atoms with van der Waals surface area (Å²) in [5, 5.41) is 0. The quantitative estimate of drug-likeness (QED) is 0.796. The number of aryl methyl sites for hydroxylation is 2. The molecule has 0 saturated heterocycles. The number of fused-ring (bicyclic) bond motifs is 4. The van der Waals surface area contributed by atoms with Gasteiger partial charge >= 0.3 is 0 Å². The molecule has 0 saturated carbocycles. The van der Waals surface area contributed by atoms with Crippen LogP contribution in [0.15, 0.2) is 53.5 Å². The molecule has 5 heteroatoms. The first-order chi connectivity index (χ1) is 12.6. The number of carbonyl (C=O) groups is 1. The molecule has 1 amide bonds. The van der Waals surface area contributed by atoms with Gasteiger partial charge in [-0.25, -0.2) is 4.99 Å². The zero-order valence-electron chi connectivity index (χ0n) is 14.7. The predicted molar refractivity (Wildman–Crippen MR) is 99.0 cm³/mol. The van der Waals surface area contributed by atoms with Crippen LogP contribution in [0.25, 0.3) is 0 Å². The first-order valence-electron chi connectivity index (χ1n) is 9.06. The fourth-order valence-electron chi connectivity index (χ4n) is 4.81. The van der Waals surface area contributed by atoms with Crippen molar-refractivity contribution in [3.8, 4) is 5.75 Å². The highest BCUT2D eigenvalue weighted by Crippen LogP contribution is 2.57. The van der Waals surface area contributed by atoms with E-state index in [4.69, 9.17) is 15.5 Å². The van der Waals surface area contributed by atoms with Gasteiger partial charge in [0, 0.05) is 12.6 Å². The van der Waals surface area contributed by atoms with Crippen molar-refractivity contribution in [3.63, 3.8) is 0 Å². The Kier molecular flexibility index (Phi) is 3.03. The highest BCUT2D eigenvalue weighted by molar-refractivity contribution is 6.08. The highest BCUT2D eigenvalue weighted by Gasteiger charge is 2.68. The minimum absolute atomic E-state index is 0.0918. The van der Waals surface area contributed by atoms with Crippen molar-refractivity contribution in [1.82, 2.24) is 4.90 Å². The normalized spacial score (nSPS) is 25.7. The number of likely N-dealkylation sites (N-methyl/N-ethyl adjacent to an activating group) is 1. The molecule has 2 N–H and O–H groups in total. The first kappa shape index (κ1) is 15.4. The minimum Gasteiger partial charge on any atom is -0.483 e. The van der Waals surface area contributed by atoms with Gasteiger partial charge in [-0.2, -0.15) is 0 Å². The van der Waals surface area contributed by atoms with Crippen molar-refractivity contribution in [1.29, 1.82) is 0 Å². The lowest BCUT2D eigenvalue weighted by atomic mass is 9.72. The molecule has 2 aliphatic heterocycles. The van der Waals surface area contributed by atoms with Gasteiger partial charge in [-0.1, -0.05) is 42.5 Å². The van der Waals surface area contributed by atoms with Crippen LogP contribution < -0.4 is 10.5 Å². The van der Waals surface area contributed by atoms with Gasteiger partial charge < -0.3 is 10.5 Å². The van der Waals surface area contributed by atoms with Crippen molar-refractivity contribution < 1.29 is 9.53 Å². The third-order valence-corrected chi connectivity index (χ3v) is 6.20. The van der Waals surface area contributed by atoms with E-state index >= 15 is 0 Å². The van der Waals surface area contributed by atoms with Crippen LogP contribution in [0, 0.1) is 0 Å². The molecular formula is C21H21N3O2. The Balaban J connectivity index is 1.69. The summed E-state index contributed by atoms with van der Waals surface area (Å²) in [5.41, 5.74) is 7.80. The topological polar surface area (TPSA) is 67.9 Å². The van der Waals surface area contributed by atoms with Crippen molar-refractivity contribution in [2.24, 2.45) is 10.7 Å². The Morgan fingerprint density at radius 1 is 1.04 bits per heavy atom. The van der Waals surface area contributed by atoms with E-state index in [9.17, 15) is 4.79 Å². The SMILES string of the molecule is CN1C(=O)C2(N=C1N)c1ccccc1OC21CCc2ccccc2CC1. The number of hydrogen-bond donors (Lipinski definition) is 1. The van der Waals surface area contributed by atoms with Crippen molar-refractivity contribution in [2.75, 3.05) is 7.05 Å². The number of nitrogens with two attached hydrogens (primary N) is 1. The van der Waals surface area contributed by atoms with Crippen molar-refractivity contribution >= 4 is 11.9 Å². The van der Waals surface area contributed by atoms with Crippen LogP contribution in [0.5, 0.6) is 5.75 Å². The number of amides is 1. The number of guanidine groups is 1. The van der Waals surface area contributed by atoms with Crippen LogP contribution in [-0.2, 0) is 23.2 Å². The second-order valence-electron chi connectivity index (χ2n) is 7.41. The highest BCUT2D eigenvalue weighted by atomic mass is 16.5. The number of hydrogen-bond acceptors (Lipinski definition) is 4. The van der Waals surface area contributed by atoms with Crippen molar-refractivity contribution in [3.05, 3.63) is 65.2 Å². The van der Waals surface area contributed by atoms with E-state index in [1.165, 1.54) is 16.0 Å². The first-order valence-corrected chi connectivity index (χ1v) is 9.06. The molecule has 0 radical (unpaired) electrons. The molecule has 5 rings (SSSR count). The number of benzene rings is 2. The fraction of sp³-hybridized carbons (Fsp3) is 0.333. The summed E-state index contributed by atoms with van der Waals surface area (Å²) in [6, 6.07) is 16.2. The number of ether oxygens (including phenoxy) is 1. The Morgan fingerprint density at radius 2 is 1.65 bits per heavy atom. The largest absolute Gasteiger partial charge is 0.483 e. The van der Waals surface area contributed by atoms with E-state index in [-0.39, 0.29) is 11.9 Å². The molecule has 2 aromatic rings. The predicted octanol–water partition coefficient (Wildman–Crippen LogP) is 2.38. The number of aliphatic imine (C=N–C) groups is 1. The van der Waals surface area contributed by atoms with Crippen LogP contribution in [0.4, 0.5) is 0 Å². The molecule has 2 aromatic carbocycles. The van der Waals surface area contributed by atoms with E-state index in [0.29, 0.717) is 0 Å². The lowest BCUT2D eigenvalue weighted by Crippen LogP contribution is -2.56. The molecule has 1 aliphatic carbocycles. The summed E-state index contributed by atoms with van der Waals surface area (Å²) in [5.74, 6) is 0.918. The van der Waals surface area contributed by atoms with Crippen LogP contribution >= 0.6 is 0 Å². The van der Waals surface area contributed by atoms with Gasteiger partial charge in [0.15, 0.2) is 5.96 Å². The van der Waals surface area contributed by atoms with Gasteiger partial charge in [-0.15, -0.1) is 0 Å². The monoisotopic (exact) mass is 347 g/mol.